The van der Waals surface area contributed by atoms with Gasteiger partial charge in [-0.2, -0.15) is 5.26 Å². The minimum atomic E-state index is -0.523. The summed E-state index contributed by atoms with van der Waals surface area (Å²) in [7, 11) is 0. The summed E-state index contributed by atoms with van der Waals surface area (Å²) in [6.45, 7) is 4.08. The number of allylic oxidation sites excluding steroid dienone is 3. The molecule has 1 atom stereocenters. The van der Waals surface area contributed by atoms with E-state index in [1.165, 1.54) is 36.0 Å². The average Bonchev–Trinajstić information content (AvgIpc) is 2.78. The van der Waals surface area contributed by atoms with E-state index >= 15 is 0 Å². The maximum atomic E-state index is 13.2. The van der Waals surface area contributed by atoms with Crippen molar-refractivity contribution in [2.75, 3.05) is 11.1 Å². The summed E-state index contributed by atoms with van der Waals surface area (Å²) in [5.74, 6) is -1.14. The van der Waals surface area contributed by atoms with Crippen molar-refractivity contribution in [3.8, 4) is 6.07 Å². The third-order valence-electron chi connectivity index (χ3n) is 5.81. The van der Waals surface area contributed by atoms with Crippen molar-refractivity contribution in [1.82, 2.24) is 5.32 Å². The maximum absolute atomic E-state index is 13.2. The summed E-state index contributed by atoms with van der Waals surface area (Å²) in [6, 6.07) is 14.9. The van der Waals surface area contributed by atoms with Gasteiger partial charge in [-0.1, -0.05) is 49.3 Å². The molecule has 0 radical (unpaired) electrons. The Labute approximate surface area is 207 Å². The van der Waals surface area contributed by atoms with Crippen molar-refractivity contribution in [2.24, 2.45) is 5.41 Å². The van der Waals surface area contributed by atoms with Crippen LogP contribution in [-0.4, -0.2) is 17.4 Å². The molecule has 34 heavy (non-hydrogen) atoms. The molecule has 1 aliphatic carbocycles. The summed E-state index contributed by atoms with van der Waals surface area (Å²) in [5, 5.41) is 17.2. The molecule has 0 bridgehead atoms. The molecular weight excluding hydrogens is 473 g/mol. The number of amides is 1. The van der Waals surface area contributed by atoms with Crippen LogP contribution in [0.25, 0.3) is 0 Å². The van der Waals surface area contributed by atoms with Crippen molar-refractivity contribution in [3.63, 3.8) is 0 Å². The molecule has 2 N–H and O–H groups in total. The highest BCUT2D eigenvalue weighted by Crippen LogP contribution is 2.47. The fourth-order valence-electron chi connectivity index (χ4n) is 4.35. The normalized spacial score (nSPS) is 19.3. The zero-order chi connectivity index (χ0) is 24.5. The van der Waals surface area contributed by atoms with Crippen LogP contribution in [0.15, 0.2) is 70.4 Å². The fraction of sp³-hybridized carbons (Fsp3) is 0.269. The Kier molecular flexibility index (Phi) is 6.83. The Balaban J connectivity index is 1.64. The number of nitriles is 1. The number of carbonyl (C=O) groups excluding carboxylic acids is 2. The Morgan fingerprint density at radius 3 is 2.53 bits per heavy atom. The summed E-state index contributed by atoms with van der Waals surface area (Å²) in [5.41, 5.74) is 2.88. The Morgan fingerprint density at radius 2 is 1.88 bits per heavy atom. The number of nitrogens with one attached hydrogen (secondary N) is 2. The lowest BCUT2D eigenvalue weighted by molar-refractivity contribution is -0.118. The van der Waals surface area contributed by atoms with Gasteiger partial charge in [-0.15, -0.1) is 0 Å². The number of Topliss-reactive ketones (excluding diaryl/α,β-unsaturated/α-hetero) is 1. The Hall–Kier alpha value is -3.08. The number of ketones is 1. The van der Waals surface area contributed by atoms with Crippen LogP contribution in [0.2, 0.25) is 5.02 Å². The van der Waals surface area contributed by atoms with Crippen molar-refractivity contribution in [2.45, 2.75) is 32.6 Å². The van der Waals surface area contributed by atoms with Gasteiger partial charge < -0.3 is 10.6 Å². The molecule has 2 aromatic carbocycles. The zero-order valence-corrected chi connectivity index (χ0v) is 20.3. The lowest BCUT2D eigenvalue weighted by atomic mass is 9.69. The first-order chi connectivity index (χ1) is 16.2. The minimum Gasteiger partial charge on any atom is -0.352 e. The van der Waals surface area contributed by atoms with Crippen LogP contribution in [0.5, 0.6) is 0 Å². The van der Waals surface area contributed by atoms with E-state index in [0.717, 1.165) is 11.3 Å². The molecule has 4 rings (SSSR count). The van der Waals surface area contributed by atoms with Crippen molar-refractivity contribution >= 4 is 40.7 Å². The quantitative estimate of drug-likeness (QED) is 0.538. The lowest BCUT2D eigenvalue weighted by Gasteiger charge is -2.39. The highest BCUT2D eigenvalue weighted by Gasteiger charge is 2.41. The standard InChI is InChI=1S/C26H23ClFN3O2S/c1-26(2)11-20-24(21(32)12-26)23(15-3-5-16(27)6-4-15)19(13-29)25(31-20)34-14-22(33)30-18-9-7-17(28)8-10-18/h3-10,23,31H,11-12,14H2,1-2H3,(H,30,33)/t23-/m0/s1. The monoisotopic (exact) mass is 495 g/mol. The fourth-order valence-corrected chi connectivity index (χ4v) is 5.33. The van der Waals surface area contributed by atoms with Gasteiger partial charge in [0.1, 0.15) is 5.82 Å². The summed E-state index contributed by atoms with van der Waals surface area (Å²) >= 11 is 7.28. The highest BCUT2D eigenvalue weighted by atomic mass is 35.5. The van der Waals surface area contributed by atoms with Gasteiger partial charge in [0.25, 0.3) is 0 Å². The topological polar surface area (TPSA) is 82.0 Å². The minimum absolute atomic E-state index is 0.0181. The second kappa shape index (κ2) is 9.65. The van der Waals surface area contributed by atoms with E-state index in [1.807, 2.05) is 26.0 Å². The van der Waals surface area contributed by atoms with Crippen LogP contribution in [-0.2, 0) is 9.59 Å². The van der Waals surface area contributed by atoms with Gasteiger partial charge >= 0.3 is 0 Å². The predicted molar refractivity (Wildman–Crippen MR) is 133 cm³/mol. The van der Waals surface area contributed by atoms with Crippen LogP contribution in [0.1, 0.15) is 38.2 Å². The van der Waals surface area contributed by atoms with E-state index in [0.29, 0.717) is 39.7 Å². The van der Waals surface area contributed by atoms with E-state index in [-0.39, 0.29) is 28.7 Å². The Bertz CT molecular complexity index is 1240. The first-order valence-corrected chi connectivity index (χ1v) is 12.1. The van der Waals surface area contributed by atoms with Crippen molar-refractivity contribution in [3.05, 3.63) is 86.8 Å². The van der Waals surface area contributed by atoms with Gasteiger partial charge in [-0.05, 0) is 53.8 Å². The number of carbonyl (C=O) groups is 2. The van der Waals surface area contributed by atoms with E-state index in [4.69, 9.17) is 11.6 Å². The molecule has 8 heteroatoms. The molecular formula is C26H23ClFN3O2S. The molecule has 0 fully saturated rings. The Morgan fingerprint density at radius 1 is 1.21 bits per heavy atom. The molecule has 0 aromatic heterocycles. The molecule has 5 nitrogen and oxygen atoms in total. The van der Waals surface area contributed by atoms with Crippen LogP contribution < -0.4 is 10.6 Å². The van der Waals surface area contributed by atoms with Crippen LogP contribution in [0.3, 0.4) is 0 Å². The van der Waals surface area contributed by atoms with Crippen molar-refractivity contribution < 1.29 is 14.0 Å². The molecule has 174 valence electrons. The molecule has 0 spiro atoms. The molecule has 1 aliphatic heterocycles. The number of hydrogen-bond acceptors (Lipinski definition) is 5. The van der Waals surface area contributed by atoms with E-state index < -0.39 is 5.92 Å². The zero-order valence-electron chi connectivity index (χ0n) is 18.7. The third-order valence-corrected chi connectivity index (χ3v) is 7.07. The summed E-state index contributed by atoms with van der Waals surface area (Å²) < 4.78 is 13.1. The van der Waals surface area contributed by atoms with Crippen LogP contribution in [0.4, 0.5) is 10.1 Å². The summed E-state index contributed by atoms with van der Waals surface area (Å²) in [4.78, 5) is 25.7. The van der Waals surface area contributed by atoms with Gasteiger partial charge in [-0.3, -0.25) is 9.59 Å². The lowest BCUT2D eigenvalue weighted by Crippen LogP contribution is -2.37. The maximum Gasteiger partial charge on any atom is 0.234 e. The second-order valence-electron chi connectivity index (χ2n) is 9.14. The van der Waals surface area contributed by atoms with E-state index in [2.05, 4.69) is 16.7 Å². The molecule has 0 saturated carbocycles. The van der Waals surface area contributed by atoms with Crippen molar-refractivity contribution in [1.29, 1.82) is 5.26 Å². The summed E-state index contributed by atoms with van der Waals surface area (Å²) in [6.07, 6.45) is 1.06. The third kappa shape index (κ3) is 5.19. The molecule has 1 amide bonds. The molecule has 0 unspecified atom stereocenters. The second-order valence-corrected chi connectivity index (χ2v) is 10.6. The van der Waals surface area contributed by atoms with Gasteiger partial charge in [-0.25, -0.2) is 4.39 Å². The van der Waals surface area contributed by atoms with Crippen LogP contribution >= 0.6 is 23.4 Å². The number of nitrogens with zero attached hydrogens (tertiary/aromatic N) is 1. The van der Waals surface area contributed by atoms with Gasteiger partial charge in [0.05, 0.1) is 28.3 Å². The molecule has 2 aliphatic rings. The van der Waals surface area contributed by atoms with E-state index in [1.54, 1.807) is 12.1 Å². The average molecular weight is 496 g/mol. The highest BCUT2D eigenvalue weighted by molar-refractivity contribution is 8.03. The number of hydrogen-bond donors (Lipinski definition) is 2. The van der Waals surface area contributed by atoms with Crippen LogP contribution in [0, 0.1) is 22.6 Å². The number of benzene rings is 2. The first-order valence-electron chi connectivity index (χ1n) is 10.8. The SMILES string of the molecule is CC1(C)CC(=O)C2=C(C1)NC(SCC(=O)Nc1ccc(F)cc1)=C(C#N)[C@@H]2c1ccc(Cl)cc1. The smallest absolute Gasteiger partial charge is 0.234 e. The molecule has 1 heterocycles. The number of anilines is 1. The van der Waals surface area contributed by atoms with Gasteiger partial charge in [0.15, 0.2) is 5.78 Å². The number of rotatable bonds is 5. The van der Waals surface area contributed by atoms with Gasteiger partial charge in [0.2, 0.25) is 5.91 Å². The first kappa shape index (κ1) is 24.1. The molecule has 0 saturated heterocycles. The van der Waals surface area contributed by atoms with Gasteiger partial charge in [0, 0.05) is 28.4 Å². The number of thioether (sulfide) groups is 1. The number of halogens is 2. The predicted octanol–water partition coefficient (Wildman–Crippen LogP) is 5.92. The van der Waals surface area contributed by atoms with E-state index in [9.17, 15) is 19.2 Å². The molecule has 2 aromatic rings. The largest absolute Gasteiger partial charge is 0.352 e. The number of dihydropyridines is 1.